The van der Waals surface area contributed by atoms with Crippen molar-refractivity contribution in [1.82, 2.24) is 4.90 Å². The van der Waals surface area contributed by atoms with Crippen LogP contribution in [0, 0.1) is 0 Å². The van der Waals surface area contributed by atoms with E-state index in [1.807, 2.05) is 6.07 Å². The van der Waals surface area contributed by atoms with Gasteiger partial charge in [-0.2, -0.15) is 0 Å². The molecule has 1 atom stereocenters. The van der Waals surface area contributed by atoms with Gasteiger partial charge in [-0.15, -0.1) is 11.6 Å². The summed E-state index contributed by atoms with van der Waals surface area (Å²) in [5, 5.41) is 2.91. The summed E-state index contributed by atoms with van der Waals surface area (Å²) in [6.07, 6.45) is 2.34. The topological polar surface area (TPSA) is 32.3 Å². The minimum absolute atomic E-state index is 0.111. The zero-order valence-corrected chi connectivity index (χ0v) is 11.6. The van der Waals surface area contributed by atoms with Gasteiger partial charge in [0.05, 0.1) is 0 Å². The number of fused-ring (bicyclic) bond motifs is 1. The number of benzene rings is 1. The number of anilines is 1. The predicted octanol–water partition coefficient (Wildman–Crippen LogP) is 2.80. The lowest BCUT2D eigenvalue weighted by Gasteiger charge is -2.26. The molecule has 1 aliphatic heterocycles. The summed E-state index contributed by atoms with van der Waals surface area (Å²) >= 11 is 5.87. The average Bonchev–Trinajstić information content (AvgIpc) is 2.35. The van der Waals surface area contributed by atoms with Gasteiger partial charge in [0.15, 0.2) is 0 Å². The Bertz CT molecular complexity index is 445. The number of rotatable bonds is 4. The molecule has 0 saturated heterocycles. The number of halogens is 1. The normalized spacial score (nSPS) is 16.3. The zero-order valence-electron chi connectivity index (χ0n) is 10.9. The van der Waals surface area contributed by atoms with Gasteiger partial charge < -0.3 is 10.2 Å². The highest BCUT2D eigenvalue weighted by Gasteiger charge is 2.18. The number of nitrogens with zero attached hydrogens (tertiary/aromatic N) is 1. The van der Waals surface area contributed by atoms with Crippen molar-refractivity contribution in [2.45, 2.75) is 25.3 Å². The fourth-order valence-electron chi connectivity index (χ4n) is 2.44. The molecule has 2 rings (SSSR count). The van der Waals surface area contributed by atoms with Gasteiger partial charge in [-0.05, 0) is 44.1 Å². The summed E-state index contributed by atoms with van der Waals surface area (Å²) in [4.78, 5) is 13.5. The number of amides is 1. The maximum atomic E-state index is 11.3. The van der Waals surface area contributed by atoms with Crippen LogP contribution in [0.5, 0.6) is 0 Å². The van der Waals surface area contributed by atoms with Gasteiger partial charge in [-0.3, -0.25) is 4.79 Å². The van der Waals surface area contributed by atoms with E-state index in [1.54, 1.807) is 0 Å². The molecule has 1 N–H and O–H groups in total. The van der Waals surface area contributed by atoms with E-state index in [9.17, 15) is 4.79 Å². The maximum Gasteiger partial charge on any atom is 0.224 e. The molecule has 1 aliphatic rings. The lowest BCUT2D eigenvalue weighted by atomic mass is 9.96. The highest BCUT2D eigenvalue weighted by Crippen LogP contribution is 2.29. The van der Waals surface area contributed by atoms with Crippen LogP contribution in [0.3, 0.4) is 0 Å². The molecule has 1 aromatic rings. The first kappa shape index (κ1) is 13.4. The van der Waals surface area contributed by atoms with Crippen molar-refractivity contribution < 1.29 is 4.79 Å². The second-order valence-electron chi connectivity index (χ2n) is 4.92. The fourth-order valence-corrected chi connectivity index (χ4v) is 2.64. The van der Waals surface area contributed by atoms with Gasteiger partial charge in [0.1, 0.15) is 0 Å². The molecule has 3 nitrogen and oxygen atoms in total. The Morgan fingerprint density at radius 3 is 2.83 bits per heavy atom. The second kappa shape index (κ2) is 5.72. The van der Waals surface area contributed by atoms with Crippen LogP contribution in [0.4, 0.5) is 5.69 Å². The van der Waals surface area contributed by atoms with Crippen LogP contribution < -0.4 is 5.32 Å². The molecule has 4 heteroatoms. The molecular weight excluding hydrogens is 248 g/mol. The van der Waals surface area contributed by atoms with E-state index >= 15 is 0 Å². The first-order chi connectivity index (χ1) is 8.61. The van der Waals surface area contributed by atoms with Crippen LogP contribution in [-0.2, 0) is 11.2 Å². The Kier molecular flexibility index (Phi) is 4.25. The first-order valence-electron chi connectivity index (χ1n) is 6.27. The van der Waals surface area contributed by atoms with Crippen LogP contribution in [-0.4, -0.2) is 30.8 Å². The molecule has 0 bridgehead atoms. The van der Waals surface area contributed by atoms with Crippen LogP contribution >= 0.6 is 11.6 Å². The number of hydrogen-bond acceptors (Lipinski definition) is 2. The molecule has 1 unspecified atom stereocenters. The Balaban J connectivity index is 2.27. The smallest absolute Gasteiger partial charge is 0.224 e. The Morgan fingerprint density at radius 1 is 1.39 bits per heavy atom. The summed E-state index contributed by atoms with van der Waals surface area (Å²) in [7, 11) is 4.14. The van der Waals surface area contributed by atoms with Crippen molar-refractivity contribution >= 4 is 23.2 Å². The maximum absolute atomic E-state index is 11.3. The molecule has 18 heavy (non-hydrogen) atoms. The van der Waals surface area contributed by atoms with Crippen LogP contribution in [0.2, 0.25) is 0 Å². The monoisotopic (exact) mass is 266 g/mol. The van der Waals surface area contributed by atoms with Crippen molar-refractivity contribution in [2.24, 2.45) is 0 Å². The van der Waals surface area contributed by atoms with E-state index < -0.39 is 0 Å². The number of carbonyl (C=O) groups excluding carboxylic acids is 1. The zero-order chi connectivity index (χ0) is 13.1. The number of carbonyl (C=O) groups is 1. The molecule has 0 aromatic heterocycles. The molecular formula is C14H19ClN2O. The van der Waals surface area contributed by atoms with Crippen molar-refractivity contribution in [3.8, 4) is 0 Å². The minimum atomic E-state index is 0.111. The largest absolute Gasteiger partial charge is 0.326 e. The lowest BCUT2D eigenvalue weighted by Crippen LogP contribution is -2.22. The van der Waals surface area contributed by atoms with Crippen molar-refractivity contribution in [2.75, 3.05) is 25.3 Å². The van der Waals surface area contributed by atoms with E-state index in [4.69, 9.17) is 11.6 Å². The number of hydrogen-bond donors (Lipinski definition) is 1. The number of alkyl halides is 1. The Labute approximate surface area is 113 Å². The van der Waals surface area contributed by atoms with E-state index in [-0.39, 0.29) is 5.91 Å². The molecule has 0 saturated carbocycles. The van der Waals surface area contributed by atoms with Crippen LogP contribution in [0.15, 0.2) is 18.2 Å². The third-order valence-corrected chi connectivity index (χ3v) is 3.63. The van der Waals surface area contributed by atoms with Crippen LogP contribution in [0.1, 0.15) is 30.0 Å². The minimum Gasteiger partial charge on any atom is -0.326 e. The number of aryl methyl sites for hydroxylation is 1. The molecule has 0 spiro atoms. The van der Waals surface area contributed by atoms with Gasteiger partial charge in [0, 0.05) is 24.0 Å². The summed E-state index contributed by atoms with van der Waals surface area (Å²) in [5.41, 5.74) is 3.46. The molecule has 1 amide bonds. The quantitative estimate of drug-likeness (QED) is 0.850. The van der Waals surface area contributed by atoms with E-state index in [1.165, 1.54) is 11.1 Å². The average molecular weight is 267 g/mol. The van der Waals surface area contributed by atoms with E-state index in [2.05, 4.69) is 36.4 Å². The Morgan fingerprint density at radius 2 is 2.17 bits per heavy atom. The van der Waals surface area contributed by atoms with Gasteiger partial charge in [0.2, 0.25) is 5.91 Å². The lowest BCUT2D eigenvalue weighted by molar-refractivity contribution is -0.116. The molecule has 1 heterocycles. The highest BCUT2D eigenvalue weighted by atomic mass is 35.5. The van der Waals surface area contributed by atoms with Crippen molar-refractivity contribution in [3.63, 3.8) is 0 Å². The summed E-state index contributed by atoms with van der Waals surface area (Å²) in [6.45, 7) is 0. The molecule has 0 fully saturated rings. The van der Waals surface area contributed by atoms with Gasteiger partial charge >= 0.3 is 0 Å². The Hall–Kier alpha value is -1.06. The standard InChI is InChI=1S/C14H19ClN2O/c1-17(2)13(7-8-15)11-3-5-12-10(9-11)4-6-14(18)16-12/h3,5,9,13H,4,6-8H2,1-2H3,(H,16,18). The third-order valence-electron chi connectivity index (χ3n) is 3.42. The van der Waals surface area contributed by atoms with E-state index in [0.29, 0.717) is 18.3 Å². The SMILES string of the molecule is CN(C)C(CCCl)c1ccc2c(c1)CCC(=O)N2. The number of nitrogens with one attached hydrogen (secondary N) is 1. The predicted molar refractivity (Wildman–Crippen MR) is 75.2 cm³/mol. The molecule has 0 aliphatic carbocycles. The van der Waals surface area contributed by atoms with Gasteiger partial charge in [-0.25, -0.2) is 0 Å². The third kappa shape index (κ3) is 2.85. The van der Waals surface area contributed by atoms with E-state index in [0.717, 1.165) is 18.5 Å². The fraction of sp³-hybridized carbons (Fsp3) is 0.500. The molecule has 0 radical (unpaired) electrons. The summed E-state index contributed by atoms with van der Waals surface area (Å²) in [6, 6.07) is 6.63. The van der Waals surface area contributed by atoms with Gasteiger partial charge in [0.25, 0.3) is 0 Å². The summed E-state index contributed by atoms with van der Waals surface area (Å²) in [5.74, 6) is 0.761. The highest BCUT2D eigenvalue weighted by molar-refractivity contribution is 6.17. The van der Waals surface area contributed by atoms with Crippen LogP contribution in [0.25, 0.3) is 0 Å². The van der Waals surface area contributed by atoms with Gasteiger partial charge in [-0.1, -0.05) is 12.1 Å². The van der Waals surface area contributed by atoms with Crippen molar-refractivity contribution in [1.29, 1.82) is 0 Å². The molecule has 98 valence electrons. The molecule has 1 aromatic carbocycles. The second-order valence-corrected chi connectivity index (χ2v) is 5.30. The van der Waals surface area contributed by atoms with Crippen molar-refractivity contribution in [3.05, 3.63) is 29.3 Å². The summed E-state index contributed by atoms with van der Waals surface area (Å²) < 4.78 is 0. The first-order valence-corrected chi connectivity index (χ1v) is 6.80.